The lowest BCUT2D eigenvalue weighted by atomic mass is 10.0. The molecule has 1 rings (SSSR count). The normalized spacial score (nSPS) is 12.7. The van der Waals surface area contributed by atoms with E-state index in [1.807, 2.05) is 13.8 Å². The summed E-state index contributed by atoms with van der Waals surface area (Å²) in [5.74, 6) is -1.11. The van der Waals surface area contributed by atoms with Crippen LogP contribution in [0.5, 0.6) is 0 Å². The Morgan fingerprint density at radius 2 is 1.84 bits per heavy atom. The van der Waals surface area contributed by atoms with Crippen molar-refractivity contribution in [3.8, 4) is 0 Å². The van der Waals surface area contributed by atoms with Crippen molar-refractivity contribution in [3.05, 3.63) is 28.2 Å². The molecule has 1 aromatic rings. The first-order chi connectivity index (χ1) is 11.6. The Morgan fingerprint density at radius 1 is 1.20 bits per heavy atom. The first-order valence-electron chi connectivity index (χ1n) is 7.38. The molecule has 0 spiro atoms. The highest BCUT2D eigenvalue weighted by molar-refractivity contribution is 7.89. The molecule has 0 aliphatic carbocycles. The standard InChI is InChI=1S/C15H20Cl2N2O5S/c1-9(2)6-13(15(21)24-3)19-14(20)8-18-25(22,23)10-4-5-11(16)12(17)7-10/h4-5,7,9,13,18H,6,8H2,1-3H3,(H,19,20). The van der Waals surface area contributed by atoms with E-state index in [9.17, 15) is 18.0 Å². The minimum absolute atomic E-state index is 0.0803. The maximum atomic E-state index is 12.2. The summed E-state index contributed by atoms with van der Waals surface area (Å²) < 4.78 is 31.1. The number of halogens is 2. The second-order valence-corrected chi connectivity index (χ2v) is 8.25. The van der Waals surface area contributed by atoms with E-state index in [1.54, 1.807) is 0 Å². The van der Waals surface area contributed by atoms with Gasteiger partial charge in [0.2, 0.25) is 15.9 Å². The fraction of sp³-hybridized carbons (Fsp3) is 0.467. The summed E-state index contributed by atoms with van der Waals surface area (Å²) in [5, 5.41) is 2.75. The summed E-state index contributed by atoms with van der Waals surface area (Å²) in [5.41, 5.74) is 0. The molecule has 140 valence electrons. The number of benzene rings is 1. The summed E-state index contributed by atoms with van der Waals surface area (Å²) in [6.45, 7) is 3.23. The molecule has 2 N–H and O–H groups in total. The van der Waals surface area contributed by atoms with Crippen molar-refractivity contribution >= 4 is 45.1 Å². The monoisotopic (exact) mass is 410 g/mol. The van der Waals surface area contributed by atoms with Crippen LogP contribution in [-0.4, -0.2) is 40.0 Å². The van der Waals surface area contributed by atoms with Crippen molar-refractivity contribution in [2.24, 2.45) is 5.92 Å². The molecule has 0 fully saturated rings. The van der Waals surface area contributed by atoms with Gasteiger partial charge in [-0.25, -0.2) is 17.9 Å². The SMILES string of the molecule is COC(=O)C(CC(C)C)NC(=O)CNS(=O)(=O)c1ccc(Cl)c(Cl)c1. The number of hydrogen-bond donors (Lipinski definition) is 2. The van der Waals surface area contributed by atoms with E-state index >= 15 is 0 Å². The Kier molecular flexibility index (Phi) is 8.14. The summed E-state index contributed by atoms with van der Waals surface area (Å²) >= 11 is 11.5. The Balaban J connectivity index is 2.73. The first-order valence-corrected chi connectivity index (χ1v) is 9.62. The summed E-state index contributed by atoms with van der Waals surface area (Å²) in [7, 11) is -2.73. The molecule has 0 aromatic heterocycles. The van der Waals surface area contributed by atoms with Gasteiger partial charge in [0.05, 0.1) is 28.6 Å². The van der Waals surface area contributed by atoms with Crippen LogP contribution < -0.4 is 10.0 Å². The molecule has 0 heterocycles. The third-order valence-electron chi connectivity index (χ3n) is 3.15. The Morgan fingerprint density at radius 3 is 2.36 bits per heavy atom. The number of hydrogen-bond acceptors (Lipinski definition) is 5. The van der Waals surface area contributed by atoms with Crippen molar-refractivity contribution in [3.63, 3.8) is 0 Å². The van der Waals surface area contributed by atoms with Crippen LogP contribution in [0, 0.1) is 5.92 Å². The van der Waals surface area contributed by atoms with Crippen LogP contribution in [0.4, 0.5) is 0 Å². The van der Waals surface area contributed by atoms with Gasteiger partial charge in [0.1, 0.15) is 6.04 Å². The summed E-state index contributed by atoms with van der Waals surface area (Å²) in [6.07, 6.45) is 0.373. The van der Waals surface area contributed by atoms with Gasteiger partial charge in [0, 0.05) is 0 Å². The second-order valence-electron chi connectivity index (χ2n) is 5.67. The lowest BCUT2D eigenvalue weighted by Gasteiger charge is -2.18. The number of esters is 1. The van der Waals surface area contributed by atoms with Gasteiger partial charge in [-0.15, -0.1) is 0 Å². The fourth-order valence-corrected chi connectivity index (χ4v) is 3.33. The molecule has 0 saturated carbocycles. The Hall–Kier alpha value is -1.35. The average Bonchev–Trinajstić information content (AvgIpc) is 2.53. The molecule has 0 radical (unpaired) electrons. The Labute approximate surface area is 157 Å². The van der Waals surface area contributed by atoms with E-state index in [-0.39, 0.29) is 20.9 Å². The zero-order valence-electron chi connectivity index (χ0n) is 14.0. The average molecular weight is 411 g/mol. The predicted octanol–water partition coefficient (Wildman–Crippen LogP) is 1.98. The highest BCUT2D eigenvalue weighted by Gasteiger charge is 2.23. The lowest BCUT2D eigenvalue weighted by molar-refractivity contribution is -0.145. The summed E-state index contributed by atoms with van der Waals surface area (Å²) in [6, 6.07) is 2.95. The molecule has 0 aliphatic rings. The van der Waals surface area contributed by atoms with Crippen LogP contribution in [0.2, 0.25) is 10.0 Å². The number of carbonyl (C=O) groups excluding carboxylic acids is 2. The van der Waals surface area contributed by atoms with Crippen LogP contribution in [0.1, 0.15) is 20.3 Å². The Bertz CT molecular complexity index is 737. The zero-order chi connectivity index (χ0) is 19.2. The van der Waals surface area contributed by atoms with Crippen LogP contribution in [-0.2, 0) is 24.3 Å². The van der Waals surface area contributed by atoms with Crippen LogP contribution in [0.25, 0.3) is 0 Å². The molecule has 1 aromatic carbocycles. The molecular weight excluding hydrogens is 391 g/mol. The quantitative estimate of drug-likeness (QED) is 0.637. The molecular formula is C15H20Cl2N2O5S. The third-order valence-corrected chi connectivity index (χ3v) is 5.29. The molecule has 1 atom stereocenters. The van der Waals surface area contributed by atoms with Gasteiger partial charge in [-0.2, -0.15) is 0 Å². The molecule has 0 saturated heterocycles. The van der Waals surface area contributed by atoms with Gasteiger partial charge in [0.25, 0.3) is 0 Å². The molecule has 10 heteroatoms. The van der Waals surface area contributed by atoms with Crippen LogP contribution in [0.15, 0.2) is 23.1 Å². The number of ether oxygens (including phenoxy) is 1. The zero-order valence-corrected chi connectivity index (χ0v) is 16.3. The minimum atomic E-state index is -3.95. The largest absolute Gasteiger partial charge is 0.467 e. The second kappa shape index (κ2) is 9.38. The van der Waals surface area contributed by atoms with E-state index in [2.05, 4.69) is 14.8 Å². The third kappa shape index (κ3) is 6.81. The molecule has 1 unspecified atom stereocenters. The van der Waals surface area contributed by atoms with Gasteiger partial charge in [-0.1, -0.05) is 37.0 Å². The van der Waals surface area contributed by atoms with E-state index in [0.717, 1.165) is 0 Å². The molecule has 0 bridgehead atoms. The van der Waals surface area contributed by atoms with Gasteiger partial charge < -0.3 is 10.1 Å². The maximum Gasteiger partial charge on any atom is 0.328 e. The molecule has 7 nitrogen and oxygen atoms in total. The maximum absolute atomic E-state index is 12.2. The van der Waals surface area contributed by atoms with Crippen molar-refractivity contribution in [2.45, 2.75) is 31.2 Å². The van der Waals surface area contributed by atoms with Gasteiger partial charge in [0.15, 0.2) is 0 Å². The number of nitrogens with one attached hydrogen (secondary N) is 2. The smallest absolute Gasteiger partial charge is 0.328 e. The predicted molar refractivity (Wildman–Crippen MR) is 95.1 cm³/mol. The van der Waals surface area contributed by atoms with E-state index in [4.69, 9.17) is 23.2 Å². The number of rotatable bonds is 8. The van der Waals surface area contributed by atoms with Gasteiger partial charge in [-0.3, -0.25) is 4.79 Å². The minimum Gasteiger partial charge on any atom is -0.467 e. The first kappa shape index (κ1) is 21.7. The number of carbonyl (C=O) groups is 2. The van der Waals surface area contributed by atoms with E-state index < -0.39 is 34.5 Å². The topological polar surface area (TPSA) is 102 Å². The van der Waals surface area contributed by atoms with Crippen molar-refractivity contribution in [1.29, 1.82) is 0 Å². The highest BCUT2D eigenvalue weighted by Crippen LogP contribution is 2.24. The number of methoxy groups -OCH3 is 1. The molecule has 25 heavy (non-hydrogen) atoms. The van der Waals surface area contributed by atoms with Crippen LogP contribution in [0.3, 0.4) is 0 Å². The number of sulfonamides is 1. The van der Waals surface area contributed by atoms with Gasteiger partial charge >= 0.3 is 5.97 Å². The van der Waals surface area contributed by atoms with Crippen molar-refractivity contribution < 1.29 is 22.7 Å². The van der Waals surface area contributed by atoms with E-state index in [1.165, 1.54) is 25.3 Å². The fourth-order valence-electron chi connectivity index (χ4n) is 1.96. The number of amides is 1. The van der Waals surface area contributed by atoms with Crippen molar-refractivity contribution in [1.82, 2.24) is 10.0 Å². The lowest BCUT2D eigenvalue weighted by Crippen LogP contribution is -2.46. The van der Waals surface area contributed by atoms with Crippen molar-refractivity contribution in [2.75, 3.05) is 13.7 Å². The van der Waals surface area contributed by atoms with E-state index in [0.29, 0.717) is 6.42 Å². The summed E-state index contributed by atoms with van der Waals surface area (Å²) in [4.78, 5) is 23.5. The highest BCUT2D eigenvalue weighted by atomic mass is 35.5. The molecule has 1 amide bonds. The molecule has 0 aliphatic heterocycles. The van der Waals surface area contributed by atoms with Crippen LogP contribution >= 0.6 is 23.2 Å². The van der Waals surface area contributed by atoms with Gasteiger partial charge in [-0.05, 0) is 30.5 Å².